The number of carbonyl (C=O) groups is 2. The Morgan fingerprint density at radius 2 is 2.04 bits per heavy atom. The molecule has 1 amide bonds. The summed E-state index contributed by atoms with van der Waals surface area (Å²) in [5.41, 5.74) is 0.644. The third kappa shape index (κ3) is 3.47. The fourth-order valence-electron chi connectivity index (χ4n) is 2.90. The van der Waals surface area contributed by atoms with Crippen LogP contribution in [0.3, 0.4) is 0 Å². The first-order valence-electron chi connectivity index (χ1n) is 7.83. The number of benzene rings is 1. The van der Waals surface area contributed by atoms with Gasteiger partial charge in [0, 0.05) is 24.9 Å². The van der Waals surface area contributed by atoms with E-state index in [4.69, 9.17) is 4.52 Å². The zero-order valence-corrected chi connectivity index (χ0v) is 13.1. The van der Waals surface area contributed by atoms with Crippen LogP contribution in [0.1, 0.15) is 53.8 Å². The number of carbonyl (C=O) groups excluding carboxylic acids is 2. The van der Waals surface area contributed by atoms with E-state index in [1.165, 1.54) is 0 Å². The molecule has 0 saturated carbocycles. The minimum absolute atomic E-state index is 0.0108. The SMILES string of the molecule is Cc1noc(C2CCCN2C(=O)CCC(=O)c2ccccc2)n1. The van der Waals surface area contributed by atoms with Gasteiger partial charge in [0.25, 0.3) is 0 Å². The highest BCUT2D eigenvalue weighted by molar-refractivity contribution is 5.97. The highest BCUT2D eigenvalue weighted by atomic mass is 16.5. The van der Waals surface area contributed by atoms with Gasteiger partial charge in [-0.3, -0.25) is 9.59 Å². The molecule has 1 saturated heterocycles. The molecule has 1 aromatic carbocycles. The maximum Gasteiger partial charge on any atom is 0.249 e. The monoisotopic (exact) mass is 313 g/mol. The van der Waals surface area contributed by atoms with Crippen LogP contribution in [0.15, 0.2) is 34.9 Å². The third-order valence-corrected chi connectivity index (χ3v) is 4.06. The smallest absolute Gasteiger partial charge is 0.249 e. The van der Waals surface area contributed by atoms with Crippen molar-refractivity contribution in [3.63, 3.8) is 0 Å². The van der Waals surface area contributed by atoms with Crippen LogP contribution in [0, 0.1) is 6.92 Å². The number of Topliss-reactive ketones (excluding diaryl/α,β-unsaturated/α-hetero) is 1. The second-order valence-electron chi connectivity index (χ2n) is 5.71. The number of aryl methyl sites for hydroxylation is 1. The molecule has 1 aliphatic rings. The van der Waals surface area contributed by atoms with Gasteiger partial charge < -0.3 is 9.42 Å². The topological polar surface area (TPSA) is 76.3 Å². The Balaban J connectivity index is 1.60. The summed E-state index contributed by atoms with van der Waals surface area (Å²) in [6.45, 7) is 2.43. The molecule has 1 fully saturated rings. The summed E-state index contributed by atoms with van der Waals surface area (Å²) >= 11 is 0. The van der Waals surface area contributed by atoms with Crippen molar-refractivity contribution in [2.45, 2.75) is 38.6 Å². The van der Waals surface area contributed by atoms with Crippen molar-refractivity contribution in [1.82, 2.24) is 15.0 Å². The van der Waals surface area contributed by atoms with E-state index in [2.05, 4.69) is 10.1 Å². The van der Waals surface area contributed by atoms with Crippen molar-refractivity contribution in [2.75, 3.05) is 6.54 Å². The number of ketones is 1. The maximum absolute atomic E-state index is 12.5. The number of hydrogen-bond acceptors (Lipinski definition) is 5. The Bertz CT molecular complexity index is 696. The lowest BCUT2D eigenvalue weighted by Crippen LogP contribution is -2.31. The Morgan fingerprint density at radius 1 is 1.26 bits per heavy atom. The van der Waals surface area contributed by atoms with Crippen LogP contribution in [0.25, 0.3) is 0 Å². The first-order chi connectivity index (χ1) is 11.1. The first-order valence-corrected chi connectivity index (χ1v) is 7.83. The first kappa shape index (κ1) is 15.4. The highest BCUT2D eigenvalue weighted by Gasteiger charge is 2.33. The van der Waals surface area contributed by atoms with E-state index in [0.29, 0.717) is 23.8 Å². The van der Waals surface area contributed by atoms with Crippen molar-refractivity contribution in [3.8, 4) is 0 Å². The van der Waals surface area contributed by atoms with E-state index in [1.54, 1.807) is 24.0 Å². The second-order valence-corrected chi connectivity index (χ2v) is 5.71. The molecule has 0 radical (unpaired) electrons. The van der Waals surface area contributed by atoms with Gasteiger partial charge in [-0.15, -0.1) is 0 Å². The summed E-state index contributed by atoms with van der Waals surface area (Å²) in [7, 11) is 0. The number of hydrogen-bond donors (Lipinski definition) is 0. The molecule has 6 nitrogen and oxygen atoms in total. The van der Waals surface area contributed by atoms with Crippen molar-refractivity contribution in [2.24, 2.45) is 0 Å². The molecule has 6 heteroatoms. The quantitative estimate of drug-likeness (QED) is 0.793. The van der Waals surface area contributed by atoms with Crippen LogP contribution in [-0.2, 0) is 4.79 Å². The standard InChI is InChI=1S/C17H19N3O3/c1-12-18-17(23-19-12)14-8-5-11-20(14)16(22)10-9-15(21)13-6-3-2-4-7-13/h2-4,6-7,14H,5,8-11H2,1H3. The van der Waals surface area contributed by atoms with Gasteiger partial charge in [0.1, 0.15) is 6.04 Å². The molecule has 2 aromatic rings. The van der Waals surface area contributed by atoms with E-state index >= 15 is 0 Å². The Kier molecular flexibility index (Phi) is 4.50. The summed E-state index contributed by atoms with van der Waals surface area (Å²) in [5.74, 6) is 1.01. The second kappa shape index (κ2) is 6.73. The minimum atomic E-state index is -0.157. The number of amides is 1. The van der Waals surface area contributed by atoms with E-state index in [1.807, 2.05) is 18.2 Å². The Hall–Kier alpha value is -2.50. The van der Waals surface area contributed by atoms with Crippen molar-refractivity contribution in [1.29, 1.82) is 0 Å². The Labute approximate surface area is 134 Å². The molecule has 1 aliphatic heterocycles. The van der Waals surface area contributed by atoms with E-state index in [0.717, 1.165) is 12.8 Å². The zero-order chi connectivity index (χ0) is 16.2. The lowest BCUT2D eigenvalue weighted by atomic mass is 10.1. The number of likely N-dealkylation sites (tertiary alicyclic amines) is 1. The third-order valence-electron chi connectivity index (χ3n) is 4.06. The number of nitrogens with zero attached hydrogens (tertiary/aromatic N) is 3. The van der Waals surface area contributed by atoms with Crippen LogP contribution in [0.4, 0.5) is 0 Å². The molecule has 1 aromatic heterocycles. The lowest BCUT2D eigenvalue weighted by Gasteiger charge is -2.21. The predicted octanol–water partition coefficient (Wildman–Crippen LogP) is 2.70. The molecule has 120 valence electrons. The van der Waals surface area contributed by atoms with Crippen LogP contribution < -0.4 is 0 Å². The molecule has 0 bridgehead atoms. The molecule has 2 heterocycles. The van der Waals surface area contributed by atoms with E-state index in [9.17, 15) is 9.59 Å². The van der Waals surface area contributed by atoms with E-state index < -0.39 is 0 Å². The molecular weight excluding hydrogens is 294 g/mol. The minimum Gasteiger partial charge on any atom is -0.337 e. The summed E-state index contributed by atoms with van der Waals surface area (Å²) in [6, 6.07) is 8.89. The van der Waals surface area contributed by atoms with Crippen LogP contribution in [0.5, 0.6) is 0 Å². The molecule has 0 N–H and O–H groups in total. The van der Waals surface area contributed by atoms with Crippen molar-refractivity contribution < 1.29 is 14.1 Å². The van der Waals surface area contributed by atoms with Crippen molar-refractivity contribution in [3.05, 3.63) is 47.6 Å². The van der Waals surface area contributed by atoms with Gasteiger partial charge >= 0.3 is 0 Å². The molecular formula is C17H19N3O3. The summed E-state index contributed by atoms with van der Waals surface area (Å²) < 4.78 is 5.20. The molecule has 1 atom stereocenters. The Morgan fingerprint density at radius 3 is 2.74 bits per heavy atom. The predicted molar refractivity (Wildman–Crippen MR) is 82.7 cm³/mol. The number of aromatic nitrogens is 2. The average molecular weight is 313 g/mol. The fourth-order valence-corrected chi connectivity index (χ4v) is 2.90. The van der Waals surface area contributed by atoms with Gasteiger partial charge in [-0.1, -0.05) is 35.5 Å². The zero-order valence-electron chi connectivity index (χ0n) is 13.1. The number of rotatable bonds is 5. The fraction of sp³-hybridized carbons (Fsp3) is 0.412. The van der Waals surface area contributed by atoms with Crippen LogP contribution >= 0.6 is 0 Å². The molecule has 1 unspecified atom stereocenters. The average Bonchev–Trinajstić information content (AvgIpc) is 3.21. The lowest BCUT2D eigenvalue weighted by molar-refractivity contribution is -0.132. The van der Waals surface area contributed by atoms with Gasteiger partial charge in [0.05, 0.1) is 0 Å². The van der Waals surface area contributed by atoms with Gasteiger partial charge in [-0.2, -0.15) is 4.98 Å². The molecule has 0 aliphatic carbocycles. The van der Waals surface area contributed by atoms with Gasteiger partial charge in [-0.05, 0) is 19.8 Å². The molecule has 23 heavy (non-hydrogen) atoms. The summed E-state index contributed by atoms with van der Waals surface area (Å²) in [6.07, 6.45) is 2.15. The van der Waals surface area contributed by atoms with E-state index in [-0.39, 0.29) is 30.6 Å². The van der Waals surface area contributed by atoms with Gasteiger partial charge in [0.15, 0.2) is 11.6 Å². The highest BCUT2D eigenvalue weighted by Crippen LogP contribution is 2.31. The van der Waals surface area contributed by atoms with Gasteiger partial charge in [0.2, 0.25) is 11.8 Å². The maximum atomic E-state index is 12.5. The van der Waals surface area contributed by atoms with Crippen LogP contribution in [-0.4, -0.2) is 33.3 Å². The van der Waals surface area contributed by atoms with Crippen molar-refractivity contribution >= 4 is 11.7 Å². The summed E-state index contributed by atoms with van der Waals surface area (Å²) in [4.78, 5) is 30.5. The normalized spacial score (nSPS) is 17.4. The molecule has 3 rings (SSSR count). The van der Waals surface area contributed by atoms with Gasteiger partial charge in [-0.25, -0.2) is 0 Å². The molecule has 0 spiro atoms. The summed E-state index contributed by atoms with van der Waals surface area (Å²) in [5, 5.41) is 3.79. The van der Waals surface area contributed by atoms with Crippen LogP contribution in [0.2, 0.25) is 0 Å². The largest absolute Gasteiger partial charge is 0.337 e.